The number of nitrogens with one attached hydrogen (secondary N) is 1. The molecule has 0 saturated heterocycles. The fraction of sp³-hybridized carbons (Fsp3) is 0.476. The van der Waals surface area contributed by atoms with Crippen molar-refractivity contribution in [2.45, 2.75) is 52.1 Å². The lowest BCUT2D eigenvalue weighted by atomic mass is 10.0. The van der Waals surface area contributed by atoms with Crippen molar-refractivity contribution in [3.63, 3.8) is 0 Å². The average Bonchev–Trinajstić information content (AvgIpc) is 2.69. The number of aliphatic imine (C=N–C) groups is 1. The van der Waals surface area contributed by atoms with Crippen LogP contribution in [0.25, 0.3) is 0 Å². The lowest BCUT2D eigenvalue weighted by Crippen LogP contribution is -2.36. The largest absolute Gasteiger partial charge is 0.305 e. The van der Waals surface area contributed by atoms with E-state index in [1.807, 2.05) is 0 Å². The van der Waals surface area contributed by atoms with Crippen molar-refractivity contribution in [2.24, 2.45) is 4.99 Å². The summed E-state index contributed by atoms with van der Waals surface area (Å²) < 4.78 is 0. The van der Waals surface area contributed by atoms with Gasteiger partial charge in [-0.15, -0.1) is 0 Å². The number of aryl methyl sites for hydroxylation is 1. The number of hydrogen-bond donors (Lipinski definition) is 1. The predicted octanol–water partition coefficient (Wildman–Crippen LogP) is 2.86. The Kier molecular flexibility index (Phi) is 4.98. The van der Waals surface area contributed by atoms with E-state index >= 15 is 0 Å². The minimum absolute atomic E-state index is 0.00625. The first-order chi connectivity index (χ1) is 12.7. The van der Waals surface area contributed by atoms with E-state index in [1.54, 1.807) is 0 Å². The van der Waals surface area contributed by atoms with Gasteiger partial charge in [0.25, 0.3) is 5.56 Å². The molecule has 1 aromatic heterocycles. The van der Waals surface area contributed by atoms with Crippen molar-refractivity contribution in [2.75, 3.05) is 13.1 Å². The summed E-state index contributed by atoms with van der Waals surface area (Å²) in [4.78, 5) is 27.3. The highest BCUT2D eigenvalue weighted by Crippen LogP contribution is 2.19. The maximum atomic E-state index is 12.7. The Bertz CT molecular complexity index is 884. The highest BCUT2D eigenvalue weighted by atomic mass is 16.1. The fourth-order valence-electron chi connectivity index (χ4n) is 3.94. The molecule has 3 heterocycles. The molecule has 0 bridgehead atoms. The van der Waals surface area contributed by atoms with Crippen molar-refractivity contribution in [3.8, 4) is 0 Å². The van der Waals surface area contributed by atoms with Crippen LogP contribution >= 0.6 is 0 Å². The Morgan fingerprint density at radius 1 is 1.15 bits per heavy atom. The zero-order chi connectivity index (χ0) is 17.9. The molecule has 1 N–H and O–H groups in total. The zero-order valence-electron chi connectivity index (χ0n) is 15.4. The van der Waals surface area contributed by atoms with Crippen LogP contribution in [0, 0.1) is 0 Å². The SMILES string of the molecule is CCc1ccccc1CN1CCc2nc(C3=NCCCC3)[nH]c(=O)c2C1. The molecule has 2 aliphatic heterocycles. The minimum Gasteiger partial charge on any atom is -0.305 e. The topological polar surface area (TPSA) is 61.4 Å². The summed E-state index contributed by atoms with van der Waals surface area (Å²) in [5, 5.41) is 0. The average molecular weight is 350 g/mol. The van der Waals surface area contributed by atoms with Gasteiger partial charge in [0, 0.05) is 32.6 Å². The number of rotatable bonds is 4. The summed E-state index contributed by atoms with van der Waals surface area (Å²) >= 11 is 0. The molecular formula is C21H26N4O. The van der Waals surface area contributed by atoms with Crippen LogP contribution < -0.4 is 5.56 Å². The molecule has 0 unspecified atom stereocenters. The number of aromatic nitrogens is 2. The molecule has 1 aromatic carbocycles. The van der Waals surface area contributed by atoms with Crippen LogP contribution in [0.4, 0.5) is 0 Å². The summed E-state index contributed by atoms with van der Waals surface area (Å²) in [7, 11) is 0. The van der Waals surface area contributed by atoms with Crippen LogP contribution in [-0.2, 0) is 25.9 Å². The molecule has 2 aliphatic rings. The van der Waals surface area contributed by atoms with E-state index in [0.717, 1.165) is 68.7 Å². The lowest BCUT2D eigenvalue weighted by Gasteiger charge is -2.28. The number of benzene rings is 1. The van der Waals surface area contributed by atoms with Gasteiger partial charge in [-0.05, 0) is 36.8 Å². The molecule has 4 rings (SSSR count). The smallest absolute Gasteiger partial charge is 0.255 e. The molecule has 0 aliphatic carbocycles. The number of aromatic amines is 1. The van der Waals surface area contributed by atoms with Gasteiger partial charge in [-0.25, -0.2) is 4.98 Å². The first kappa shape index (κ1) is 17.2. The third-order valence-electron chi connectivity index (χ3n) is 5.44. The van der Waals surface area contributed by atoms with Gasteiger partial charge >= 0.3 is 0 Å². The zero-order valence-corrected chi connectivity index (χ0v) is 15.4. The standard InChI is InChI=1S/C21H26N4O/c1-2-15-7-3-4-8-16(15)13-25-12-10-18-17(14-25)21(26)24-20(23-18)19-9-5-6-11-22-19/h3-4,7-8H,2,5-6,9-14H2,1H3,(H,23,24,26). The Morgan fingerprint density at radius 3 is 2.77 bits per heavy atom. The van der Waals surface area contributed by atoms with Gasteiger partial charge in [0.1, 0.15) is 0 Å². The molecular weight excluding hydrogens is 324 g/mol. The van der Waals surface area contributed by atoms with Gasteiger partial charge in [0.05, 0.1) is 17.0 Å². The summed E-state index contributed by atoms with van der Waals surface area (Å²) in [5.41, 5.74) is 5.50. The third-order valence-corrected chi connectivity index (χ3v) is 5.44. The molecule has 2 aromatic rings. The van der Waals surface area contributed by atoms with Crippen molar-refractivity contribution in [1.29, 1.82) is 0 Å². The summed E-state index contributed by atoms with van der Waals surface area (Å²) in [5.74, 6) is 0.693. The second-order valence-electron chi connectivity index (χ2n) is 7.21. The van der Waals surface area contributed by atoms with Gasteiger partial charge in [-0.2, -0.15) is 0 Å². The normalized spacial score (nSPS) is 17.7. The van der Waals surface area contributed by atoms with Crippen molar-refractivity contribution in [1.82, 2.24) is 14.9 Å². The molecule has 0 spiro atoms. The second kappa shape index (κ2) is 7.54. The minimum atomic E-state index is 0.00625. The Labute approximate surface area is 154 Å². The molecule has 0 radical (unpaired) electrons. The van der Waals surface area contributed by atoms with E-state index in [-0.39, 0.29) is 5.56 Å². The molecule has 26 heavy (non-hydrogen) atoms. The number of H-pyrrole nitrogens is 1. The molecule has 5 heteroatoms. The second-order valence-corrected chi connectivity index (χ2v) is 7.21. The van der Waals surface area contributed by atoms with Crippen molar-refractivity contribution < 1.29 is 0 Å². The Hall–Kier alpha value is -2.27. The van der Waals surface area contributed by atoms with Crippen LogP contribution in [0.15, 0.2) is 34.1 Å². The van der Waals surface area contributed by atoms with E-state index in [1.165, 1.54) is 11.1 Å². The molecule has 5 nitrogen and oxygen atoms in total. The monoisotopic (exact) mass is 350 g/mol. The third kappa shape index (κ3) is 3.49. The van der Waals surface area contributed by atoms with Gasteiger partial charge in [-0.3, -0.25) is 14.7 Å². The van der Waals surface area contributed by atoms with E-state index in [9.17, 15) is 4.79 Å². The molecule has 136 valence electrons. The number of hydrogen-bond acceptors (Lipinski definition) is 4. The number of nitrogens with zero attached hydrogens (tertiary/aromatic N) is 3. The van der Waals surface area contributed by atoms with Gasteiger partial charge in [-0.1, -0.05) is 31.2 Å². The highest BCUT2D eigenvalue weighted by Gasteiger charge is 2.23. The van der Waals surface area contributed by atoms with Crippen LogP contribution in [0.5, 0.6) is 0 Å². The van der Waals surface area contributed by atoms with E-state index in [0.29, 0.717) is 12.4 Å². The number of fused-ring (bicyclic) bond motifs is 1. The molecule has 0 atom stereocenters. The van der Waals surface area contributed by atoms with Gasteiger partial charge < -0.3 is 4.98 Å². The summed E-state index contributed by atoms with van der Waals surface area (Å²) in [6, 6.07) is 8.58. The van der Waals surface area contributed by atoms with E-state index in [4.69, 9.17) is 4.98 Å². The van der Waals surface area contributed by atoms with Crippen molar-refractivity contribution in [3.05, 3.63) is 62.8 Å². The maximum Gasteiger partial charge on any atom is 0.255 e. The quantitative estimate of drug-likeness (QED) is 0.922. The van der Waals surface area contributed by atoms with Crippen LogP contribution in [0.1, 0.15) is 54.4 Å². The van der Waals surface area contributed by atoms with Crippen LogP contribution in [0.3, 0.4) is 0 Å². The first-order valence-corrected chi connectivity index (χ1v) is 9.69. The molecule has 0 amide bonds. The molecule has 0 fully saturated rings. The lowest BCUT2D eigenvalue weighted by molar-refractivity contribution is 0.241. The van der Waals surface area contributed by atoms with E-state index < -0.39 is 0 Å². The Balaban J connectivity index is 1.55. The fourth-order valence-corrected chi connectivity index (χ4v) is 3.94. The highest BCUT2D eigenvalue weighted by molar-refractivity contribution is 5.97. The summed E-state index contributed by atoms with van der Waals surface area (Å²) in [6.07, 6.45) is 5.04. The Morgan fingerprint density at radius 2 is 2.00 bits per heavy atom. The van der Waals surface area contributed by atoms with Gasteiger partial charge in [0.2, 0.25) is 0 Å². The van der Waals surface area contributed by atoms with E-state index in [2.05, 4.69) is 46.1 Å². The summed E-state index contributed by atoms with van der Waals surface area (Å²) in [6.45, 7) is 5.53. The van der Waals surface area contributed by atoms with Crippen molar-refractivity contribution >= 4 is 5.71 Å². The predicted molar refractivity (Wildman–Crippen MR) is 104 cm³/mol. The molecule has 0 saturated carbocycles. The first-order valence-electron chi connectivity index (χ1n) is 9.69. The van der Waals surface area contributed by atoms with Gasteiger partial charge in [0.15, 0.2) is 5.82 Å². The van der Waals surface area contributed by atoms with Crippen LogP contribution in [-0.4, -0.2) is 33.7 Å². The van der Waals surface area contributed by atoms with Crippen LogP contribution in [0.2, 0.25) is 0 Å². The maximum absolute atomic E-state index is 12.7.